The Bertz CT molecular complexity index is 654. The van der Waals surface area contributed by atoms with Crippen molar-refractivity contribution in [2.45, 2.75) is 39.5 Å². The average molecular weight is 302 g/mol. The molecule has 0 fully saturated rings. The molecule has 6 nitrogen and oxygen atoms in total. The maximum atomic E-state index is 5.84. The molecule has 0 saturated heterocycles. The molecule has 1 unspecified atom stereocenters. The van der Waals surface area contributed by atoms with Crippen molar-refractivity contribution in [2.75, 3.05) is 6.61 Å². The number of nitrogens with zero attached hydrogens (tertiary/aromatic N) is 3. The summed E-state index contributed by atoms with van der Waals surface area (Å²) in [6, 6.07) is 4.20. The monoisotopic (exact) mass is 302 g/mol. The fourth-order valence-corrected chi connectivity index (χ4v) is 2.69. The van der Waals surface area contributed by atoms with Crippen molar-refractivity contribution in [3.63, 3.8) is 0 Å². The zero-order valence-electron chi connectivity index (χ0n) is 13.3. The van der Waals surface area contributed by atoms with E-state index in [0.29, 0.717) is 19.7 Å². The molecule has 3 rings (SSSR count). The summed E-state index contributed by atoms with van der Waals surface area (Å²) in [7, 11) is 1.94. The lowest BCUT2D eigenvalue weighted by Gasteiger charge is -2.13. The summed E-state index contributed by atoms with van der Waals surface area (Å²) >= 11 is 0. The van der Waals surface area contributed by atoms with Crippen LogP contribution in [0.2, 0.25) is 0 Å². The van der Waals surface area contributed by atoms with Gasteiger partial charge in [-0.1, -0.05) is 0 Å². The van der Waals surface area contributed by atoms with E-state index in [-0.39, 0.29) is 6.10 Å². The quantitative estimate of drug-likeness (QED) is 0.882. The standard InChI is InChI=1S/C16H22N4O2/c1-4-21-14-6-12-5-11(2)22-15(12)7-13(14)8-17-9-16-19-18-10-20(16)3/h6-7,10-11,17H,4-5,8-9H2,1-3H3. The summed E-state index contributed by atoms with van der Waals surface area (Å²) in [6.45, 7) is 6.12. The third-order valence-electron chi connectivity index (χ3n) is 3.78. The van der Waals surface area contributed by atoms with Crippen molar-refractivity contribution in [2.24, 2.45) is 7.05 Å². The minimum Gasteiger partial charge on any atom is -0.494 e. The van der Waals surface area contributed by atoms with Gasteiger partial charge >= 0.3 is 0 Å². The number of nitrogens with one attached hydrogen (secondary N) is 1. The molecule has 2 heterocycles. The molecule has 1 aromatic carbocycles. The minimum absolute atomic E-state index is 0.242. The van der Waals surface area contributed by atoms with Gasteiger partial charge in [0.15, 0.2) is 0 Å². The molecule has 6 heteroatoms. The highest BCUT2D eigenvalue weighted by Crippen LogP contribution is 2.35. The van der Waals surface area contributed by atoms with E-state index in [2.05, 4.69) is 34.6 Å². The van der Waals surface area contributed by atoms with Gasteiger partial charge in [0, 0.05) is 31.1 Å². The van der Waals surface area contributed by atoms with E-state index < -0.39 is 0 Å². The number of hydrogen-bond acceptors (Lipinski definition) is 5. The lowest BCUT2D eigenvalue weighted by molar-refractivity contribution is 0.254. The van der Waals surface area contributed by atoms with Crippen molar-refractivity contribution in [3.8, 4) is 11.5 Å². The van der Waals surface area contributed by atoms with Crippen molar-refractivity contribution in [1.29, 1.82) is 0 Å². The number of benzene rings is 1. The molecule has 0 aliphatic carbocycles. The summed E-state index contributed by atoms with van der Waals surface area (Å²) in [5.74, 6) is 2.82. The van der Waals surface area contributed by atoms with E-state index >= 15 is 0 Å². The summed E-state index contributed by atoms with van der Waals surface area (Å²) < 4.78 is 13.5. The number of aryl methyl sites for hydroxylation is 1. The van der Waals surface area contributed by atoms with Gasteiger partial charge < -0.3 is 19.4 Å². The third-order valence-corrected chi connectivity index (χ3v) is 3.78. The smallest absolute Gasteiger partial charge is 0.146 e. The molecule has 1 aliphatic heterocycles. The van der Waals surface area contributed by atoms with Crippen molar-refractivity contribution >= 4 is 0 Å². The number of hydrogen-bond donors (Lipinski definition) is 1. The first-order valence-corrected chi connectivity index (χ1v) is 7.66. The largest absolute Gasteiger partial charge is 0.494 e. The van der Waals surface area contributed by atoms with Crippen LogP contribution in [-0.4, -0.2) is 27.5 Å². The normalized spacial score (nSPS) is 16.4. The van der Waals surface area contributed by atoms with Crippen molar-refractivity contribution in [3.05, 3.63) is 35.4 Å². The summed E-state index contributed by atoms with van der Waals surface area (Å²) in [4.78, 5) is 0. The Kier molecular flexibility index (Phi) is 4.29. The predicted molar refractivity (Wildman–Crippen MR) is 83.0 cm³/mol. The van der Waals surface area contributed by atoms with Gasteiger partial charge in [0.05, 0.1) is 13.2 Å². The molecule has 1 N–H and O–H groups in total. The van der Waals surface area contributed by atoms with E-state index in [1.165, 1.54) is 5.56 Å². The molecule has 1 atom stereocenters. The van der Waals surface area contributed by atoms with Crippen LogP contribution in [0.1, 0.15) is 30.8 Å². The lowest BCUT2D eigenvalue weighted by Crippen LogP contribution is -2.16. The van der Waals surface area contributed by atoms with Crippen LogP contribution in [0.5, 0.6) is 11.5 Å². The van der Waals surface area contributed by atoms with E-state index in [0.717, 1.165) is 29.3 Å². The first-order chi connectivity index (χ1) is 10.7. The zero-order chi connectivity index (χ0) is 15.5. The van der Waals surface area contributed by atoms with E-state index in [1.807, 2.05) is 18.5 Å². The Morgan fingerprint density at radius 3 is 3.00 bits per heavy atom. The van der Waals surface area contributed by atoms with Gasteiger partial charge in [0.1, 0.15) is 29.8 Å². The molecular formula is C16H22N4O2. The minimum atomic E-state index is 0.242. The highest BCUT2D eigenvalue weighted by Gasteiger charge is 2.21. The van der Waals surface area contributed by atoms with Gasteiger partial charge in [-0.2, -0.15) is 0 Å². The van der Waals surface area contributed by atoms with E-state index in [1.54, 1.807) is 6.33 Å². The molecule has 0 spiro atoms. The van der Waals surface area contributed by atoms with Crippen molar-refractivity contribution in [1.82, 2.24) is 20.1 Å². The number of fused-ring (bicyclic) bond motifs is 1. The maximum absolute atomic E-state index is 5.84. The highest BCUT2D eigenvalue weighted by atomic mass is 16.5. The molecule has 118 valence electrons. The zero-order valence-corrected chi connectivity index (χ0v) is 13.3. The van der Waals surface area contributed by atoms with Gasteiger partial charge in [-0.05, 0) is 26.0 Å². The number of ether oxygens (including phenoxy) is 2. The SMILES string of the molecule is CCOc1cc2c(cc1CNCc1nncn1C)OC(C)C2. The first-order valence-electron chi connectivity index (χ1n) is 7.66. The Morgan fingerprint density at radius 1 is 1.41 bits per heavy atom. The molecule has 0 radical (unpaired) electrons. The summed E-state index contributed by atoms with van der Waals surface area (Å²) in [6.07, 6.45) is 2.89. The first kappa shape index (κ1) is 14.8. The molecular weight excluding hydrogens is 280 g/mol. The molecule has 0 bridgehead atoms. The molecule has 1 aliphatic rings. The van der Waals surface area contributed by atoms with Crippen LogP contribution in [0.15, 0.2) is 18.5 Å². The number of aromatic nitrogens is 3. The molecule has 22 heavy (non-hydrogen) atoms. The summed E-state index contributed by atoms with van der Waals surface area (Å²) in [5, 5.41) is 11.3. The molecule has 0 saturated carbocycles. The second kappa shape index (κ2) is 6.36. The van der Waals surface area contributed by atoms with Crippen LogP contribution in [0.4, 0.5) is 0 Å². The van der Waals surface area contributed by atoms with Crippen LogP contribution in [0.3, 0.4) is 0 Å². The molecule has 1 aromatic heterocycles. The van der Waals surface area contributed by atoms with Gasteiger partial charge in [-0.3, -0.25) is 0 Å². The van der Waals surface area contributed by atoms with Crippen LogP contribution in [0.25, 0.3) is 0 Å². The Labute approximate surface area is 130 Å². The Balaban J connectivity index is 1.72. The maximum Gasteiger partial charge on any atom is 0.146 e. The van der Waals surface area contributed by atoms with Gasteiger partial charge in [0.25, 0.3) is 0 Å². The van der Waals surface area contributed by atoms with Gasteiger partial charge in [-0.15, -0.1) is 10.2 Å². The Morgan fingerprint density at radius 2 is 2.27 bits per heavy atom. The van der Waals surface area contributed by atoms with E-state index in [4.69, 9.17) is 9.47 Å². The van der Waals surface area contributed by atoms with Crippen molar-refractivity contribution < 1.29 is 9.47 Å². The fraction of sp³-hybridized carbons (Fsp3) is 0.500. The van der Waals surface area contributed by atoms with Gasteiger partial charge in [-0.25, -0.2) is 0 Å². The average Bonchev–Trinajstić information content (AvgIpc) is 3.04. The van der Waals surface area contributed by atoms with Crippen LogP contribution < -0.4 is 14.8 Å². The second-order valence-electron chi connectivity index (χ2n) is 5.59. The van der Waals surface area contributed by atoms with Gasteiger partial charge in [0.2, 0.25) is 0 Å². The topological polar surface area (TPSA) is 61.2 Å². The Hall–Kier alpha value is -2.08. The lowest BCUT2D eigenvalue weighted by atomic mass is 10.1. The predicted octanol–water partition coefficient (Wildman–Crippen LogP) is 1.83. The molecule has 0 amide bonds. The molecule has 2 aromatic rings. The van der Waals surface area contributed by atoms with E-state index in [9.17, 15) is 0 Å². The second-order valence-corrected chi connectivity index (χ2v) is 5.59. The number of rotatable bonds is 6. The summed E-state index contributed by atoms with van der Waals surface area (Å²) in [5.41, 5.74) is 2.34. The fourth-order valence-electron chi connectivity index (χ4n) is 2.69. The highest BCUT2D eigenvalue weighted by molar-refractivity contribution is 5.48. The van der Waals surface area contributed by atoms with Crippen LogP contribution in [0, 0.1) is 0 Å². The van der Waals surface area contributed by atoms with Crippen LogP contribution >= 0.6 is 0 Å². The van der Waals surface area contributed by atoms with Crippen LogP contribution in [-0.2, 0) is 26.6 Å². The third kappa shape index (κ3) is 3.06.